The highest BCUT2D eigenvalue weighted by Crippen LogP contribution is 2.29. The minimum atomic E-state index is 0.0822. The Kier molecular flexibility index (Phi) is 3.66. The van der Waals surface area contributed by atoms with Crippen molar-refractivity contribution in [2.45, 2.75) is 13.5 Å². The molecule has 0 atom stereocenters. The Bertz CT molecular complexity index is 657. The number of likely N-dealkylation sites (N-methyl/N-ethyl adjacent to an activating group) is 1. The first-order chi connectivity index (χ1) is 10.1. The van der Waals surface area contributed by atoms with Gasteiger partial charge in [-0.15, -0.1) is 0 Å². The predicted octanol–water partition coefficient (Wildman–Crippen LogP) is 1.94. The predicted molar refractivity (Wildman–Crippen MR) is 81.8 cm³/mol. The van der Waals surface area contributed by atoms with Crippen molar-refractivity contribution in [3.8, 4) is 11.3 Å². The second-order valence-electron chi connectivity index (χ2n) is 5.34. The van der Waals surface area contributed by atoms with Gasteiger partial charge in [-0.1, -0.05) is 6.07 Å². The van der Waals surface area contributed by atoms with Gasteiger partial charge in [-0.25, -0.2) is 0 Å². The van der Waals surface area contributed by atoms with Gasteiger partial charge >= 0.3 is 0 Å². The molecule has 21 heavy (non-hydrogen) atoms. The van der Waals surface area contributed by atoms with E-state index in [0.717, 1.165) is 42.1 Å². The zero-order chi connectivity index (χ0) is 14.8. The Morgan fingerprint density at radius 3 is 2.81 bits per heavy atom. The summed E-state index contributed by atoms with van der Waals surface area (Å²) >= 11 is 0. The molecule has 2 aromatic rings. The molecule has 0 spiro atoms. The van der Waals surface area contributed by atoms with Crippen molar-refractivity contribution in [3.63, 3.8) is 0 Å². The molecule has 2 heterocycles. The topological polar surface area (TPSA) is 49.3 Å². The summed E-state index contributed by atoms with van der Waals surface area (Å²) in [5.74, 6) is 0.0822. The van der Waals surface area contributed by atoms with Crippen LogP contribution in [0.5, 0.6) is 0 Å². The molecule has 1 amide bonds. The molecular formula is C16H18N4O. The van der Waals surface area contributed by atoms with Crippen LogP contribution in [0.2, 0.25) is 0 Å². The van der Waals surface area contributed by atoms with Crippen molar-refractivity contribution in [2.75, 3.05) is 25.0 Å². The monoisotopic (exact) mass is 282 g/mol. The Hall–Kier alpha value is -2.27. The maximum Gasteiger partial charge on any atom is 0.223 e. The van der Waals surface area contributed by atoms with Gasteiger partial charge in [-0.3, -0.25) is 14.8 Å². The maximum absolute atomic E-state index is 11.9. The van der Waals surface area contributed by atoms with Crippen LogP contribution in [0.1, 0.15) is 12.5 Å². The molecule has 0 saturated heterocycles. The van der Waals surface area contributed by atoms with Crippen molar-refractivity contribution in [1.29, 1.82) is 0 Å². The molecule has 0 saturated carbocycles. The van der Waals surface area contributed by atoms with Crippen LogP contribution in [0, 0.1) is 0 Å². The zero-order valence-corrected chi connectivity index (χ0v) is 12.3. The first kappa shape index (κ1) is 13.7. The number of hydrogen-bond acceptors (Lipinski definition) is 4. The van der Waals surface area contributed by atoms with E-state index < -0.39 is 0 Å². The van der Waals surface area contributed by atoms with Gasteiger partial charge in [0.25, 0.3) is 0 Å². The number of benzene rings is 1. The molecule has 0 bridgehead atoms. The van der Waals surface area contributed by atoms with E-state index in [2.05, 4.69) is 28.0 Å². The maximum atomic E-state index is 11.9. The highest BCUT2D eigenvalue weighted by molar-refractivity contribution is 5.93. The average Bonchev–Trinajstić information content (AvgIpc) is 2.65. The Balaban J connectivity index is 2.06. The van der Waals surface area contributed by atoms with E-state index >= 15 is 0 Å². The minimum absolute atomic E-state index is 0.0822. The lowest BCUT2D eigenvalue weighted by Crippen LogP contribution is -2.33. The number of carbonyl (C=O) groups excluding carboxylic acids is 1. The van der Waals surface area contributed by atoms with E-state index in [9.17, 15) is 4.79 Å². The molecule has 5 nitrogen and oxygen atoms in total. The first-order valence-corrected chi connectivity index (χ1v) is 7.01. The Morgan fingerprint density at radius 2 is 2.10 bits per heavy atom. The number of carbonyl (C=O) groups is 1. The molecule has 108 valence electrons. The van der Waals surface area contributed by atoms with Crippen LogP contribution in [-0.2, 0) is 11.3 Å². The lowest BCUT2D eigenvalue weighted by Gasteiger charge is -2.21. The summed E-state index contributed by atoms with van der Waals surface area (Å²) in [5, 5.41) is 0. The summed E-state index contributed by atoms with van der Waals surface area (Å²) < 4.78 is 0. The van der Waals surface area contributed by atoms with Crippen LogP contribution in [0.15, 0.2) is 36.8 Å². The molecule has 0 N–H and O–H groups in total. The number of anilines is 1. The van der Waals surface area contributed by atoms with Crippen molar-refractivity contribution >= 4 is 11.6 Å². The number of hydrogen-bond donors (Lipinski definition) is 0. The standard InChI is InChI=1S/C16H18N4O/c1-12(21)20-8-7-19(2)11-14-9-13(3-4-16(14)20)15-10-17-5-6-18-15/h3-6,9-10H,7-8,11H2,1-2H3. The lowest BCUT2D eigenvalue weighted by atomic mass is 10.1. The molecule has 0 fully saturated rings. The lowest BCUT2D eigenvalue weighted by molar-refractivity contribution is -0.116. The van der Waals surface area contributed by atoms with Crippen molar-refractivity contribution < 1.29 is 4.79 Å². The quantitative estimate of drug-likeness (QED) is 0.802. The van der Waals surface area contributed by atoms with E-state index in [1.165, 1.54) is 0 Å². The fourth-order valence-electron chi connectivity index (χ4n) is 2.67. The highest BCUT2D eigenvalue weighted by Gasteiger charge is 2.21. The molecular weight excluding hydrogens is 264 g/mol. The van der Waals surface area contributed by atoms with E-state index in [1.54, 1.807) is 25.5 Å². The number of fused-ring (bicyclic) bond motifs is 1. The molecule has 0 unspecified atom stereocenters. The minimum Gasteiger partial charge on any atom is -0.311 e. The molecule has 0 radical (unpaired) electrons. The summed E-state index contributed by atoms with van der Waals surface area (Å²) in [6.45, 7) is 4.04. The molecule has 1 aromatic carbocycles. The van der Waals surface area contributed by atoms with Crippen molar-refractivity contribution in [3.05, 3.63) is 42.4 Å². The molecule has 1 aliphatic heterocycles. The van der Waals surface area contributed by atoms with E-state index in [0.29, 0.717) is 0 Å². The highest BCUT2D eigenvalue weighted by atomic mass is 16.2. The van der Waals surface area contributed by atoms with Gasteiger partial charge in [-0.2, -0.15) is 0 Å². The van der Waals surface area contributed by atoms with E-state index in [1.807, 2.05) is 17.0 Å². The fraction of sp³-hybridized carbons (Fsp3) is 0.312. The van der Waals surface area contributed by atoms with E-state index in [-0.39, 0.29) is 5.91 Å². The zero-order valence-electron chi connectivity index (χ0n) is 12.3. The van der Waals surface area contributed by atoms with Gasteiger partial charge in [0.15, 0.2) is 0 Å². The second-order valence-corrected chi connectivity index (χ2v) is 5.34. The SMILES string of the molecule is CC(=O)N1CCN(C)Cc2cc(-c3cnccn3)ccc21. The van der Waals surface area contributed by atoms with Crippen LogP contribution in [0.3, 0.4) is 0 Å². The van der Waals surface area contributed by atoms with Crippen LogP contribution >= 0.6 is 0 Å². The van der Waals surface area contributed by atoms with Crippen LogP contribution in [0.4, 0.5) is 5.69 Å². The Labute approximate surface area is 124 Å². The van der Waals surface area contributed by atoms with Crippen molar-refractivity contribution in [2.24, 2.45) is 0 Å². The summed E-state index contributed by atoms with van der Waals surface area (Å²) in [4.78, 5) is 24.4. The van der Waals surface area contributed by atoms with Gasteiger partial charge < -0.3 is 9.80 Å². The third kappa shape index (κ3) is 2.78. The third-order valence-corrected chi connectivity index (χ3v) is 3.75. The number of aromatic nitrogens is 2. The Morgan fingerprint density at radius 1 is 1.24 bits per heavy atom. The molecule has 3 rings (SSSR count). The van der Waals surface area contributed by atoms with Crippen molar-refractivity contribution in [1.82, 2.24) is 14.9 Å². The first-order valence-electron chi connectivity index (χ1n) is 7.01. The fourth-order valence-corrected chi connectivity index (χ4v) is 2.67. The van der Waals surface area contributed by atoms with Gasteiger partial charge in [0, 0.05) is 50.2 Å². The van der Waals surface area contributed by atoms with Crippen LogP contribution in [-0.4, -0.2) is 40.9 Å². The molecule has 1 aliphatic rings. The van der Waals surface area contributed by atoms with E-state index in [4.69, 9.17) is 0 Å². The average molecular weight is 282 g/mol. The largest absolute Gasteiger partial charge is 0.311 e. The summed E-state index contributed by atoms with van der Waals surface area (Å²) in [6, 6.07) is 6.13. The molecule has 0 aliphatic carbocycles. The molecule has 1 aromatic heterocycles. The number of nitrogens with zero attached hydrogens (tertiary/aromatic N) is 4. The normalized spacial score (nSPS) is 15.4. The summed E-state index contributed by atoms with van der Waals surface area (Å²) in [6.07, 6.45) is 5.11. The van der Waals surface area contributed by atoms with Crippen LogP contribution < -0.4 is 4.90 Å². The summed E-state index contributed by atoms with van der Waals surface area (Å²) in [5.41, 5.74) is 4.02. The number of rotatable bonds is 1. The van der Waals surface area contributed by atoms with Gasteiger partial charge in [-0.05, 0) is 24.7 Å². The van der Waals surface area contributed by atoms with Gasteiger partial charge in [0.05, 0.1) is 11.9 Å². The van der Waals surface area contributed by atoms with Gasteiger partial charge in [0.1, 0.15) is 0 Å². The molecule has 5 heteroatoms. The number of amides is 1. The third-order valence-electron chi connectivity index (χ3n) is 3.75. The smallest absolute Gasteiger partial charge is 0.223 e. The summed E-state index contributed by atoms with van der Waals surface area (Å²) in [7, 11) is 2.07. The van der Waals surface area contributed by atoms with Gasteiger partial charge in [0.2, 0.25) is 5.91 Å². The van der Waals surface area contributed by atoms with Crippen LogP contribution in [0.25, 0.3) is 11.3 Å². The second kappa shape index (κ2) is 5.61.